The highest BCUT2D eigenvalue weighted by atomic mass is 19.4. The minimum Gasteiger partial charge on any atom is -0.381 e. The topological polar surface area (TPSA) is 62.3 Å². The van der Waals surface area contributed by atoms with Gasteiger partial charge in [-0.05, 0) is 6.92 Å². The number of hydrogen-bond donors (Lipinski definition) is 2. The standard InChI is InChI=1S/C9H16F3N3O/c1-2-16-5-6-3-15(8(13)14)4-7(6)9(10,11)12/h6-7H,2-5H2,1H3,(H3,13,14)/t6-,7+/m1/s1. The number of hydrogen-bond acceptors (Lipinski definition) is 2. The molecule has 1 fully saturated rings. The minimum absolute atomic E-state index is 0.0600. The average Bonchev–Trinajstić information content (AvgIpc) is 2.57. The summed E-state index contributed by atoms with van der Waals surface area (Å²) in [5.74, 6) is -2.40. The number of halogens is 3. The van der Waals surface area contributed by atoms with Gasteiger partial charge < -0.3 is 15.4 Å². The smallest absolute Gasteiger partial charge is 0.381 e. The summed E-state index contributed by atoms with van der Waals surface area (Å²) in [7, 11) is 0. The maximum Gasteiger partial charge on any atom is 0.393 e. The van der Waals surface area contributed by atoms with Crippen LogP contribution in [-0.2, 0) is 4.74 Å². The molecular formula is C9H16F3N3O. The lowest BCUT2D eigenvalue weighted by Gasteiger charge is -2.20. The normalized spacial score (nSPS) is 26.1. The Morgan fingerprint density at radius 3 is 2.56 bits per heavy atom. The van der Waals surface area contributed by atoms with Crippen LogP contribution in [0.1, 0.15) is 6.92 Å². The third-order valence-corrected chi connectivity index (χ3v) is 2.74. The molecule has 1 heterocycles. The summed E-state index contributed by atoms with van der Waals surface area (Å²) < 4.78 is 43.1. The van der Waals surface area contributed by atoms with E-state index in [0.29, 0.717) is 6.61 Å². The maximum atomic E-state index is 12.7. The van der Waals surface area contributed by atoms with Crippen LogP contribution < -0.4 is 5.73 Å². The van der Waals surface area contributed by atoms with Crippen molar-refractivity contribution in [1.29, 1.82) is 5.41 Å². The second kappa shape index (κ2) is 4.90. The Morgan fingerprint density at radius 2 is 2.12 bits per heavy atom. The van der Waals surface area contributed by atoms with Crippen LogP contribution in [0.3, 0.4) is 0 Å². The molecule has 2 atom stereocenters. The second-order valence-corrected chi connectivity index (χ2v) is 3.86. The third-order valence-electron chi connectivity index (χ3n) is 2.74. The Labute approximate surface area is 92.0 Å². The lowest BCUT2D eigenvalue weighted by Crippen LogP contribution is -2.36. The zero-order valence-electron chi connectivity index (χ0n) is 9.05. The van der Waals surface area contributed by atoms with Gasteiger partial charge in [0.25, 0.3) is 0 Å². The lowest BCUT2D eigenvalue weighted by molar-refractivity contribution is -0.183. The molecule has 94 valence electrons. The SMILES string of the molecule is CCOC[C@H]1CN(C(=N)N)C[C@@H]1C(F)(F)F. The summed E-state index contributed by atoms with van der Waals surface area (Å²) in [4.78, 5) is 1.24. The van der Waals surface area contributed by atoms with Crippen molar-refractivity contribution in [3.8, 4) is 0 Å². The lowest BCUT2D eigenvalue weighted by atomic mass is 9.96. The van der Waals surface area contributed by atoms with Crippen LogP contribution in [0.2, 0.25) is 0 Å². The Bertz CT molecular complexity index is 257. The van der Waals surface area contributed by atoms with Gasteiger partial charge in [0.2, 0.25) is 0 Å². The monoisotopic (exact) mass is 239 g/mol. The molecule has 0 saturated carbocycles. The highest BCUT2D eigenvalue weighted by molar-refractivity contribution is 5.74. The first-order chi connectivity index (χ1) is 7.36. The fourth-order valence-corrected chi connectivity index (χ4v) is 1.88. The van der Waals surface area contributed by atoms with E-state index in [-0.39, 0.29) is 25.7 Å². The van der Waals surface area contributed by atoms with Gasteiger partial charge in [-0.15, -0.1) is 0 Å². The number of alkyl halides is 3. The zero-order chi connectivity index (χ0) is 12.3. The number of likely N-dealkylation sites (tertiary alicyclic amines) is 1. The molecule has 3 N–H and O–H groups in total. The molecule has 0 aromatic heterocycles. The van der Waals surface area contributed by atoms with Crippen molar-refractivity contribution in [3.63, 3.8) is 0 Å². The van der Waals surface area contributed by atoms with Crippen molar-refractivity contribution >= 4 is 5.96 Å². The number of guanidine groups is 1. The van der Waals surface area contributed by atoms with Gasteiger partial charge in [0.05, 0.1) is 12.5 Å². The molecule has 0 unspecified atom stereocenters. The molecule has 1 rings (SSSR count). The van der Waals surface area contributed by atoms with Gasteiger partial charge in [-0.1, -0.05) is 0 Å². The van der Waals surface area contributed by atoms with Crippen molar-refractivity contribution in [1.82, 2.24) is 4.90 Å². The predicted molar refractivity (Wildman–Crippen MR) is 53.0 cm³/mol. The Hall–Kier alpha value is -0.980. The highest BCUT2D eigenvalue weighted by Gasteiger charge is 2.49. The predicted octanol–water partition coefficient (Wildman–Crippen LogP) is 1.03. The Balaban J connectivity index is 2.67. The first kappa shape index (κ1) is 13.1. The van der Waals surface area contributed by atoms with E-state index >= 15 is 0 Å². The van der Waals surface area contributed by atoms with Crippen molar-refractivity contribution in [2.75, 3.05) is 26.3 Å². The van der Waals surface area contributed by atoms with E-state index in [0.717, 1.165) is 0 Å². The van der Waals surface area contributed by atoms with Crippen molar-refractivity contribution in [2.45, 2.75) is 13.1 Å². The molecule has 0 aromatic carbocycles. The van der Waals surface area contributed by atoms with Crippen LogP contribution in [0, 0.1) is 17.2 Å². The molecule has 0 radical (unpaired) electrons. The van der Waals surface area contributed by atoms with Crippen molar-refractivity contribution < 1.29 is 17.9 Å². The maximum absolute atomic E-state index is 12.7. The van der Waals surface area contributed by atoms with Crippen LogP contribution in [0.15, 0.2) is 0 Å². The Kier molecular flexibility index (Phi) is 4.01. The molecular weight excluding hydrogens is 223 g/mol. The molecule has 7 heteroatoms. The van der Waals surface area contributed by atoms with Gasteiger partial charge in [-0.25, -0.2) is 0 Å². The van der Waals surface area contributed by atoms with E-state index in [9.17, 15) is 13.2 Å². The molecule has 1 aliphatic heterocycles. The summed E-state index contributed by atoms with van der Waals surface area (Å²) in [6.45, 7) is 2.09. The number of nitrogens with two attached hydrogens (primary N) is 1. The van der Waals surface area contributed by atoms with Gasteiger partial charge >= 0.3 is 6.18 Å². The van der Waals surface area contributed by atoms with Gasteiger partial charge in [0.15, 0.2) is 5.96 Å². The van der Waals surface area contributed by atoms with E-state index in [1.165, 1.54) is 4.90 Å². The zero-order valence-corrected chi connectivity index (χ0v) is 9.05. The first-order valence-electron chi connectivity index (χ1n) is 5.09. The van der Waals surface area contributed by atoms with E-state index < -0.39 is 18.0 Å². The van der Waals surface area contributed by atoms with Gasteiger partial charge in [-0.3, -0.25) is 5.41 Å². The quantitative estimate of drug-likeness (QED) is 0.571. The van der Waals surface area contributed by atoms with Crippen LogP contribution in [0.4, 0.5) is 13.2 Å². The molecule has 1 saturated heterocycles. The minimum atomic E-state index is -4.26. The molecule has 0 amide bonds. The van der Waals surface area contributed by atoms with E-state index in [2.05, 4.69) is 0 Å². The molecule has 0 aliphatic carbocycles. The number of nitrogens with one attached hydrogen (secondary N) is 1. The summed E-state index contributed by atoms with van der Waals surface area (Å²) in [6, 6.07) is 0. The van der Waals surface area contributed by atoms with E-state index in [1.54, 1.807) is 6.92 Å². The van der Waals surface area contributed by atoms with Crippen LogP contribution in [-0.4, -0.2) is 43.3 Å². The molecule has 4 nitrogen and oxygen atoms in total. The Morgan fingerprint density at radius 1 is 1.50 bits per heavy atom. The van der Waals surface area contributed by atoms with Crippen molar-refractivity contribution in [3.05, 3.63) is 0 Å². The number of ether oxygens (including phenoxy) is 1. The van der Waals surface area contributed by atoms with E-state index in [1.807, 2.05) is 0 Å². The van der Waals surface area contributed by atoms with Crippen LogP contribution in [0.25, 0.3) is 0 Å². The van der Waals surface area contributed by atoms with Gasteiger partial charge in [0, 0.05) is 25.6 Å². The third kappa shape index (κ3) is 3.01. The summed E-state index contributed by atoms with van der Waals surface area (Å²) in [5.41, 5.74) is 5.20. The van der Waals surface area contributed by atoms with E-state index in [4.69, 9.17) is 15.9 Å². The van der Waals surface area contributed by atoms with Crippen LogP contribution >= 0.6 is 0 Å². The summed E-state index contributed by atoms with van der Waals surface area (Å²) >= 11 is 0. The van der Waals surface area contributed by atoms with Crippen molar-refractivity contribution in [2.24, 2.45) is 17.6 Å². The fraction of sp³-hybridized carbons (Fsp3) is 0.889. The first-order valence-corrected chi connectivity index (χ1v) is 5.09. The number of nitrogens with zero attached hydrogens (tertiary/aromatic N) is 1. The molecule has 0 spiro atoms. The molecule has 0 bridgehead atoms. The molecule has 16 heavy (non-hydrogen) atoms. The molecule has 0 aromatic rings. The fourth-order valence-electron chi connectivity index (χ4n) is 1.88. The largest absolute Gasteiger partial charge is 0.393 e. The summed E-state index contributed by atoms with van der Waals surface area (Å²) in [6.07, 6.45) is -4.26. The highest BCUT2D eigenvalue weighted by Crippen LogP contribution is 2.37. The number of rotatable bonds is 3. The molecule has 1 aliphatic rings. The summed E-state index contributed by atoms with van der Waals surface area (Å²) in [5, 5.41) is 7.15. The average molecular weight is 239 g/mol. The van der Waals surface area contributed by atoms with Gasteiger partial charge in [-0.2, -0.15) is 13.2 Å². The van der Waals surface area contributed by atoms with Gasteiger partial charge in [0.1, 0.15) is 0 Å². The second-order valence-electron chi connectivity index (χ2n) is 3.86. The van der Waals surface area contributed by atoms with Crippen LogP contribution in [0.5, 0.6) is 0 Å².